The monoisotopic (exact) mass is 322 g/mol. The molecule has 2 aromatic rings. The lowest BCUT2D eigenvalue weighted by atomic mass is 10.2. The van der Waals surface area contributed by atoms with Crippen LogP contribution in [0.5, 0.6) is 0 Å². The zero-order valence-electron chi connectivity index (χ0n) is 12.9. The second kappa shape index (κ2) is 5.90. The van der Waals surface area contributed by atoms with Gasteiger partial charge in [-0.1, -0.05) is 0 Å². The number of nitrogens with one attached hydrogen (secondary N) is 1. The average Bonchev–Trinajstić information content (AvgIpc) is 2.76. The quantitative estimate of drug-likeness (QED) is 0.917. The summed E-state index contributed by atoms with van der Waals surface area (Å²) in [6.07, 6.45) is 0. The molecule has 0 aliphatic heterocycles. The molecule has 1 N–H and O–H groups in total. The number of anilines is 1. The van der Waals surface area contributed by atoms with Crippen molar-refractivity contribution in [2.45, 2.75) is 11.8 Å². The normalized spacial score (nSPS) is 11.7. The van der Waals surface area contributed by atoms with Crippen LogP contribution in [-0.2, 0) is 17.1 Å². The predicted octanol–water partition coefficient (Wildman–Crippen LogP) is 1.23. The third-order valence-electron chi connectivity index (χ3n) is 3.14. The van der Waals surface area contributed by atoms with Gasteiger partial charge < -0.3 is 5.32 Å². The lowest BCUT2D eigenvalue weighted by Crippen LogP contribution is -2.22. The molecule has 0 atom stereocenters. The van der Waals surface area contributed by atoms with Gasteiger partial charge >= 0.3 is 0 Å². The number of rotatable bonds is 4. The molecule has 0 fully saturated rings. The van der Waals surface area contributed by atoms with Gasteiger partial charge in [-0.25, -0.2) is 12.7 Å². The third kappa shape index (κ3) is 3.18. The second-order valence-electron chi connectivity index (χ2n) is 5.06. The third-order valence-corrected chi connectivity index (χ3v) is 4.97. The zero-order chi connectivity index (χ0) is 16.5. The smallest absolute Gasteiger partial charge is 0.256 e. The van der Waals surface area contributed by atoms with Crippen LogP contribution in [0.1, 0.15) is 16.1 Å². The van der Waals surface area contributed by atoms with Gasteiger partial charge in [0.25, 0.3) is 5.91 Å². The molecule has 0 spiro atoms. The van der Waals surface area contributed by atoms with E-state index in [-0.39, 0.29) is 10.8 Å². The topological polar surface area (TPSA) is 84.3 Å². The van der Waals surface area contributed by atoms with E-state index in [0.29, 0.717) is 11.4 Å². The summed E-state index contributed by atoms with van der Waals surface area (Å²) < 4.78 is 26.6. The maximum atomic E-state index is 12.2. The van der Waals surface area contributed by atoms with Crippen molar-refractivity contribution >= 4 is 21.7 Å². The maximum Gasteiger partial charge on any atom is 0.256 e. The Morgan fingerprint density at radius 1 is 1.23 bits per heavy atom. The number of hydrogen-bond acceptors (Lipinski definition) is 4. The van der Waals surface area contributed by atoms with Crippen molar-refractivity contribution in [2.24, 2.45) is 7.05 Å². The van der Waals surface area contributed by atoms with Crippen LogP contribution in [0.3, 0.4) is 0 Å². The summed E-state index contributed by atoms with van der Waals surface area (Å²) in [5.41, 5.74) is 1.17. The largest absolute Gasteiger partial charge is 0.307 e. The maximum absolute atomic E-state index is 12.2. The van der Waals surface area contributed by atoms with E-state index in [1.807, 2.05) is 6.92 Å². The number of carbonyl (C=O) groups excluding carboxylic acids is 1. The van der Waals surface area contributed by atoms with Gasteiger partial charge in [0.15, 0.2) is 0 Å². The first-order chi connectivity index (χ1) is 10.2. The minimum Gasteiger partial charge on any atom is -0.307 e. The van der Waals surface area contributed by atoms with E-state index in [1.165, 1.54) is 38.4 Å². The number of benzene rings is 1. The highest BCUT2D eigenvalue weighted by Gasteiger charge is 2.17. The van der Waals surface area contributed by atoms with E-state index >= 15 is 0 Å². The number of sulfonamides is 1. The zero-order valence-corrected chi connectivity index (χ0v) is 13.7. The molecule has 7 nitrogen and oxygen atoms in total. The molecular formula is C14H18N4O3S. The second-order valence-corrected chi connectivity index (χ2v) is 7.21. The van der Waals surface area contributed by atoms with Gasteiger partial charge in [-0.2, -0.15) is 5.10 Å². The van der Waals surface area contributed by atoms with Crippen LogP contribution >= 0.6 is 0 Å². The first kappa shape index (κ1) is 16.2. The number of aromatic nitrogens is 2. The standard InChI is InChI=1S/C14H18N4O3S/c1-10-9-13(18(4)16-10)15-14(19)11-5-7-12(8-6-11)22(20,21)17(2)3/h5-9H,1-4H3,(H,15,19). The van der Waals surface area contributed by atoms with Crippen molar-refractivity contribution in [2.75, 3.05) is 19.4 Å². The Hall–Kier alpha value is -2.19. The highest BCUT2D eigenvalue weighted by atomic mass is 32.2. The minimum absolute atomic E-state index is 0.144. The van der Waals surface area contributed by atoms with Gasteiger partial charge in [0.05, 0.1) is 10.6 Å². The van der Waals surface area contributed by atoms with E-state index in [0.717, 1.165) is 10.00 Å². The predicted molar refractivity (Wildman–Crippen MR) is 83.2 cm³/mol. The van der Waals surface area contributed by atoms with Gasteiger partial charge in [-0.05, 0) is 31.2 Å². The molecule has 0 aliphatic rings. The number of amides is 1. The summed E-state index contributed by atoms with van der Waals surface area (Å²) in [6.45, 7) is 1.83. The molecule has 1 aromatic heterocycles. The van der Waals surface area contributed by atoms with Gasteiger partial charge in [0, 0.05) is 32.8 Å². The molecule has 118 valence electrons. The Bertz CT molecular complexity index is 792. The highest BCUT2D eigenvalue weighted by molar-refractivity contribution is 7.89. The first-order valence-electron chi connectivity index (χ1n) is 6.56. The Morgan fingerprint density at radius 2 is 1.82 bits per heavy atom. The molecule has 1 aromatic carbocycles. The molecule has 0 aliphatic carbocycles. The van der Waals surface area contributed by atoms with Gasteiger partial charge in [-0.15, -0.1) is 0 Å². The van der Waals surface area contributed by atoms with Crippen LogP contribution in [0.4, 0.5) is 5.82 Å². The summed E-state index contributed by atoms with van der Waals surface area (Å²) in [6, 6.07) is 7.55. The van der Waals surface area contributed by atoms with Crippen LogP contribution in [0.15, 0.2) is 35.2 Å². The fraction of sp³-hybridized carbons (Fsp3) is 0.286. The van der Waals surface area contributed by atoms with Crippen LogP contribution in [0.2, 0.25) is 0 Å². The minimum atomic E-state index is -3.49. The molecular weight excluding hydrogens is 304 g/mol. The average molecular weight is 322 g/mol. The number of aryl methyl sites for hydroxylation is 2. The van der Waals surface area contributed by atoms with Gasteiger partial charge in [0.1, 0.15) is 5.82 Å². The van der Waals surface area contributed by atoms with Crippen molar-refractivity contribution in [3.63, 3.8) is 0 Å². The van der Waals surface area contributed by atoms with E-state index in [9.17, 15) is 13.2 Å². The molecule has 0 saturated heterocycles. The number of hydrogen-bond donors (Lipinski definition) is 1. The Balaban J connectivity index is 2.20. The number of carbonyl (C=O) groups is 1. The molecule has 0 bridgehead atoms. The van der Waals surface area contributed by atoms with Crippen LogP contribution in [0.25, 0.3) is 0 Å². The molecule has 0 saturated carbocycles. The summed E-state index contributed by atoms with van der Waals surface area (Å²) in [4.78, 5) is 12.3. The van der Waals surface area contributed by atoms with Crippen molar-refractivity contribution < 1.29 is 13.2 Å². The van der Waals surface area contributed by atoms with Crippen LogP contribution in [-0.4, -0.2) is 42.5 Å². The molecule has 22 heavy (non-hydrogen) atoms. The van der Waals surface area contributed by atoms with Crippen molar-refractivity contribution in [3.8, 4) is 0 Å². The highest BCUT2D eigenvalue weighted by Crippen LogP contribution is 2.15. The van der Waals surface area contributed by atoms with E-state index in [2.05, 4.69) is 10.4 Å². The summed E-state index contributed by atoms with van der Waals surface area (Å²) in [5.74, 6) is 0.254. The SMILES string of the molecule is Cc1cc(NC(=O)c2ccc(S(=O)(=O)N(C)C)cc2)n(C)n1. The molecule has 1 heterocycles. The summed E-state index contributed by atoms with van der Waals surface area (Å²) >= 11 is 0. The van der Waals surface area contributed by atoms with Crippen molar-refractivity contribution in [1.82, 2.24) is 14.1 Å². The van der Waals surface area contributed by atoms with Gasteiger partial charge in [-0.3, -0.25) is 9.48 Å². The summed E-state index contributed by atoms with van der Waals surface area (Å²) in [7, 11) is 1.16. The summed E-state index contributed by atoms with van der Waals surface area (Å²) in [5, 5.41) is 6.87. The Kier molecular flexibility index (Phi) is 4.34. The lowest BCUT2D eigenvalue weighted by molar-refractivity contribution is 0.102. The van der Waals surface area contributed by atoms with Crippen molar-refractivity contribution in [1.29, 1.82) is 0 Å². The molecule has 0 unspecified atom stereocenters. The van der Waals surface area contributed by atoms with E-state index in [4.69, 9.17) is 0 Å². The first-order valence-corrected chi connectivity index (χ1v) is 8.00. The van der Waals surface area contributed by atoms with Crippen molar-refractivity contribution in [3.05, 3.63) is 41.6 Å². The van der Waals surface area contributed by atoms with E-state index in [1.54, 1.807) is 17.8 Å². The molecule has 1 amide bonds. The van der Waals surface area contributed by atoms with Gasteiger partial charge in [0.2, 0.25) is 10.0 Å². The number of nitrogens with zero attached hydrogens (tertiary/aromatic N) is 3. The van der Waals surface area contributed by atoms with Crippen LogP contribution in [0, 0.1) is 6.92 Å². The van der Waals surface area contributed by atoms with Crippen LogP contribution < -0.4 is 5.32 Å². The Labute approximate surface area is 129 Å². The fourth-order valence-corrected chi connectivity index (χ4v) is 2.81. The van der Waals surface area contributed by atoms with E-state index < -0.39 is 10.0 Å². The fourth-order valence-electron chi connectivity index (χ4n) is 1.91. The molecule has 0 radical (unpaired) electrons. The molecule has 2 rings (SSSR count). The Morgan fingerprint density at radius 3 is 2.27 bits per heavy atom. The molecule has 8 heteroatoms. The lowest BCUT2D eigenvalue weighted by Gasteiger charge is -2.11.